The fraction of sp³-hybridized carbons (Fsp3) is 0.320. The number of methoxy groups -OCH3 is 1. The van der Waals surface area contributed by atoms with Crippen LogP contribution in [0.1, 0.15) is 12.5 Å². The Kier molecular flexibility index (Phi) is 8.88. The zero-order chi connectivity index (χ0) is 24.3. The minimum absolute atomic E-state index is 0.0930. The number of hydrogen-bond donors (Lipinski definition) is 1. The molecule has 0 atom stereocenters. The van der Waals surface area contributed by atoms with Crippen molar-refractivity contribution in [1.29, 1.82) is 5.26 Å². The van der Waals surface area contributed by atoms with E-state index in [-0.39, 0.29) is 18.1 Å². The molecule has 0 spiro atoms. The predicted molar refractivity (Wildman–Crippen MR) is 126 cm³/mol. The van der Waals surface area contributed by atoms with Crippen LogP contribution >= 0.6 is 0 Å². The second-order valence-corrected chi connectivity index (χ2v) is 7.25. The van der Waals surface area contributed by atoms with Gasteiger partial charge in [-0.1, -0.05) is 18.2 Å². The molecule has 1 aliphatic rings. The molecule has 2 amide bonds. The molecule has 0 bridgehead atoms. The minimum atomic E-state index is -0.568. The highest BCUT2D eigenvalue weighted by Gasteiger charge is 2.18. The molecule has 0 aromatic heterocycles. The van der Waals surface area contributed by atoms with Crippen molar-refractivity contribution < 1.29 is 28.5 Å². The van der Waals surface area contributed by atoms with Crippen LogP contribution < -0.4 is 19.5 Å². The first-order valence-electron chi connectivity index (χ1n) is 10.9. The van der Waals surface area contributed by atoms with Gasteiger partial charge in [0.2, 0.25) is 0 Å². The van der Waals surface area contributed by atoms with E-state index in [1.165, 1.54) is 13.2 Å². The third kappa shape index (κ3) is 6.49. The zero-order valence-corrected chi connectivity index (χ0v) is 19.2. The Balaban J connectivity index is 1.73. The molecule has 0 aliphatic carbocycles. The van der Waals surface area contributed by atoms with Gasteiger partial charge in [0.25, 0.3) is 11.8 Å². The van der Waals surface area contributed by atoms with Crippen molar-refractivity contribution >= 4 is 23.6 Å². The van der Waals surface area contributed by atoms with E-state index in [1.807, 2.05) is 13.0 Å². The van der Waals surface area contributed by atoms with Crippen LogP contribution in [0, 0.1) is 11.3 Å². The largest absolute Gasteiger partial charge is 0.495 e. The lowest BCUT2D eigenvalue weighted by molar-refractivity contribution is -0.137. The Bertz CT molecular complexity index is 1090. The van der Waals surface area contributed by atoms with E-state index in [0.717, 1.165) is 0 Å². The summed E-state index contributed by atoms with van der Waals surface area (Å²) in [5.41, 5.74) is 0.936. The normalized spacial score (nSPS) is 13.6. The number of para-hydroxylation sites is 2. The molecule has 34 heavy (non-hydrogen) atoms. The monoisotopic (exact) mass is 465 g/mol. The third-order valence-corrected chi connectivity index (χ3v) is 5.01. The summed E-state index contributed by atoms with van der Waals surface area (Å²) in [6.07, 6.45) is 1.45. The van der Waals surface area contributed by atoms with Gasteiger partial charge in [-0.3, -0.25) is 9.59 Å². The Morgan fingerprint density at radius 3 is 2.59 bits per heavy atom. The number of carbonyl (C=O) groups is 2. The van der Waals surface area contributed by atoms with Crippen LogP contribution in [0.3, 0.4) is 0 Å². The van der Waals surface area contributed by atoms with Gasteiger partial charge < -0.3 is 29.2 Å². The Labute approximate surface area is 198 Å². The fourth-order valence-corrected chi connectivity index (χ4v) is 3.30. The van der Waals surface area contributed by atoms with Crippen molar-refractivity contribution in [3.8, 4) is 23.3 Å². The average molecular weight is 466 g/mol. The van der Waals surface area contributed by atoms with Crippen LogP contribution in [0.2, 0.25) is 0 Å². The molecule has 1 saturated heterocycles. The number of morpholine rings is 1. The second kappa shape index (κ2) is 12.3. The van der Waals surface area contributed by atoms with Crippen LogP contribution in [0.5, 0.6) is 17.2 Å². The molecule has 1 heterocycles. The van der Waals surface area contributed by atoms with Crippen LogP contribution in [-0.2, 0) is 14.3 Å². The summed E-state index contributed by atoms with van der Waals surface area (Å²) >= 11 is 0. The summed E-state index contributed by atoms with van der Waals surface area (Å²) in [4.78, 5) is 26.7. The molecule has 3 rings (SSSR count). The molecule has 0 radical (unpaired) electrons. The number of rotatable bonds is 9. The van der Waals surface area contributed by atoms with Crippen molar-refractivity contribution in [3.63, 3.8) is 0 Å². The van der Waals surface area contributed by atoms with Gasteiger partial charge in [0, 0.05) is 13.1 Å². The van der Waals surface area contributed by atoms with E-state index >= 15 is 0 Å². The molecule has 0 unspecified atom stereocenters. The van der Waals surface area contributed by atoms with Gasteiger partial charge in [-0.2, -0.15) is 5.26 Å². The SMILES string of the molecule is CCOc1cc(/C=C(\C#N)C(=O)Nc2ccccc2OC)ccc1OCC(=O)N1CCOCC1. The summed E-state index contributed by atoms with van der Waals surface area (Å²) in [7, 11) is 1.50. The number of ether oxygens (including phenoxy) is 4. The van der Waals surface area contributed by atoms with Gasteiger partial charge in [0.05, 0.1) is 32.6 Å². The maximum absolute atomic E-state index is 12.7. The molecule has 9 heteroatoms. The number of benzene rings is 2. The molecule has 1 fully saturated rings. The number of carbonyl (C=O) groups excluding carboxylic acids is 2. The average Bonchev–Trinajstić information content (AvgIpc) is 2.87. The molecule has 0 saturated carbocycles. The summed E-state index contributed by atoms with van der Waals surface area (Å²) in [5.74, 6) is 0.599. The van der Waals surface area contributed by atoms with Gasteiger partial charge >= 0.3 is 0 Å². The van der Waals surface area contributed by atoms with Crippen molar-refractivity contribution in [2.24, 2.45) is 0 Å². The van der Waals surface area contributed by atoms with E-state index in [1.54, 1.807) is 47.4 Å². The van der Waals surface area contributed by atoms with Gasteiger partial charge in [-0.15, -0.1) is 0 Å². The van der Waals surface area contributed by atoms with Gasteiger partial charge in [-0.25, -0.2) is 0 Å². The predicted octanol–water partition coefficient (Wildman–Crippen LogP) is 2.88. The van der Waals surface area contributed by atoms with E-state index in [0.29, 0.717) is 61.4 Å². The van der Waals surface area contributed by atoms with Gasteiger partial charge in [0.15, 0.2) is 18.1 Å². The summed E-state index contributed by atoms with van der Waals surface area (Å²) < 4.78 is 21.9. The van der Waals surface area contributed by atoms with Crippen molar-refractivity contribution in [2.45, 2.75) is 6.92 Å². The maximum Gasteiger partial charge on any atom is 0.266 e. The van der Waals surface area contributed by atoms with E-state index < -0.39 is 5.91 Å². The number of nitrogens with zero attached hydrogens (tertiary/aromatic N) is 2. The highest BCUT2D eigenvalue weighted by atomic mass is 16.5. The lowest BCUT2D eigenvalue weighted by Gasteiger charge is -2.26. The third-order valence-electron chi connectivity index (χ3n) is 5.01. The highest BCUT2D eigenvalue weighted by molar-refractivity contribution is 6.10. The van der Waals surface area contributed by atoms with Crippen LogP contribution in [0.4, 0.5) is 5.69 Å². The first-order valence-corrected chi connectivity index (χ1v) is 10.9. The Hall–Kier alpha value is -4.03. The minimum Gasteiger partial charge on any atom is -0.495 e. The Morgan fingerprint density at radius 2 is 1.88 bits per heavy atom. The van der Waals surface area contributed by atoms with Crippen molar-refractivity contribution in [3.05, 3.63) is 53.6 Å². The summed E-state index contributed by atoms with van der Waals surface area (Å²) in [5, 5.41) is 12.2. The lowest BCUT2D eigenvalue weighted by atomic mass is 10.1. The first kappa shape index (κ1) is 24.6. The highest BCUT2D eigenvalue weighted by Crippen LogP contribution is 2.30. The molecule has 178 valence electrons. The van der Waals surface area contributed by atoms with E-state index in [4.69, 9.17) is 18.9 Å². The molecule has 9 nitrogen and oxygen atoms in total. The number of nitriles is 1. The summed E-state index contributed by atoms with van der Waals surface area (Å²) in [6, 6.07) is 13.8. The molecular formula is C25H27N3O6. The number of hydrogen-bond acceptors (Lipinski definition) is 7. The molecule has 2 aromatic carbocycles. The van der Waals surface area contributed by atoms with E-state index in [9.17, 15) is 14.9 Å². The lowest BCUT2D eigenvalue weighted by Crippen LogP contribution is -2.43. The standard InChI is InChI=1S/C25H27N3O6/c1-3-33-23-15-18(8-9-22(23)34-17-24(29)28-10-12-32-13-11-28)14-19(16-26)25(30)27-20-6-4-5-7-21(20)31-2/h4-9,14-15H,3,10-13,17H2,1-2H3,(H,27,30)/b19-14+. The molecular weight excluding hydrogens is 438 g/mol. The smallest absolute Gasteiger partial charge is 0.266 e. The maximum atomic E-state index is 12.7. The molecule has 1 aliphatic heterocycles. The van der Waals surface area contributed by atoms with Gasteiger partial charge in [0.1, 0.15) is 17.4 Å². The van der Waals surface area contributed by atoms with Crippen LogP contribution in [-0.4, -0.2) is 63.3 Å². The van der Waals surface area contributed by atoms with Crippen molar-refractivity contribution in [1.82, 2.24) is 4.90 Å². The number of amides is 2. The van der Waals surface area contributed by atoms with Crippen LogP contribution in [0.15, 0.2) is 48.0 Å². The molecule has 2 aromatic rings. The number of anilines is 1. The van der Waals surface area contributed by atoms with E-state index in [2.05, 4.69) is 5.32 Å². The summed E-state index contributed by atoms with van der Waals surface area (Å²) in [6.45, 7) is 4.19. The topological polar surface area (TPSA) is 110 Å². The van der Waals surface area contributed by atoms with Gasteiger partial charge in [-0.05, 0) is 42.8 Å². The number of nitrogens with one attached hydrogen (secondary N) is 1. The van der Waals surface area contributed by atoms with Crippen LogP contribution in [0.25, 0.3) is 6.08 Å². The molecule has 1 N–H and O–H groups in total. The zero-order valence-electron chi connectivity index (χ0n) is 19.2. The fourth-order valence-electron chi connectivity index (χ4n) is 3.30. The Morgan fingerprint density at radius 1 is 1.12 bits per heavy atom. The second-order valence-electron chi connectivity index (χ2n) is 7.25. The quantitative estimate of drug-likeness (QED) is 0.448. The van der Waals surface area contributed by atoms with Crippen molar-refractivity contribution in [2.75, 3.05) is 51.9 Å². The first-order chi connectivity index (χ1) is 16.5.